The number of sulfonamides is 1. The molecule has 1 atom stereocenters. The van der Waals surface area contributed by atoms with Crippen molar-refractivity contribution in [2.24, 2.45) is 5.92 Å². The van der Waals surface area contributed by atoms with Gasteiger partial charge in [-0.2, -0.15) is 4.31 Å². The van der Waals surface area contributed by atoms with Gasteiger partial charge in [0.1, 0.15) is 0 Å². The van der Waals surface area contributed by atoms with E-state index in [-0.39, 0.29) is 17.9 Å². The lowest BCUT2D eigenvalue weighted by atomic mass is 9.90. The molecule has 28 heavy (non-hydrogen) atoms. The second-order valence-electron chi connectivity index (χ2n) is 8.37. The first kappa shape index (κ1) is 21.3. The Bertz CT molecular complexity index is 738. The molecule has 0 bridgehead atoms. The lowest BCUT2D eigenvalue weighted by Crippen LogP contribution is -2.50. The van der Waals surface area contributed by atoms with Crippen molar-refractivity contribution in [2.45, 2.75) is 82.1 Å². The van der Waals surface area contributed by atoms with Gasteiger partial charge in [0.05, 0.1) is 4.90 Å². The number of amides is 1. The zero-order valence-corrected chi connectivity index (χ0v) is 17.8. The van der Waals surface area contributed by atoms with Gasteiger partial charge in [0, 0.05) is 25.0 Å². The van der Waals surface area contributed by atoms with E-state index >= 15 is 0 Å². The Labute approximate surface area is 169 Å². The van der Waals surface area contributed by atoms with E-state index in [1.807, 2.05) is 19.1 Å². The molecular formula is C22H34N2O3S. The highest BCUT2D eigenvalue weighted by Gasteiger charge is 2.34. The summed E-state index contributed by atoms with van der Waals surface area (Å²) >= 11 is 0. The average Bonchev–Trinajstić information content (AvgIpc) is 2.66. The molecule has 1 saturated carbocycles. The van der Waals surface area contributed by atoms with E-state index in [2.05, 4.69) is 5.32 Å². The third-order valence-corrected chi connectivity index (χ3v) is 8.15. The van der Waals surface area contributed by atoms with Crippen molar-refractivity contribution in [1.29, 1.82) is 0 Å². The summed E-state index contributed by atoms with van der Waals surface area (Å²) in [7, 11) is -3.53. The number of nitrogens with zero attached hydrogens (tertiary/aromatic N) is 1. The SMILES string of the molecule is Cc1ccc(S(=O)(=O)N2CCCCC2CNC(=O)C2CCCCCCC2)cc1. The van der Waals surface area contributed by atoms with Crippen LogP contribution in [0.1, 0.15) is 69.8 Å². The molecule has 1 aromatic rings. The number of nitrogens with one attached hydrogen (secondary N) is 1. The third kappa shape index (κ3) is 5.35. The quantitative estimate of drug-likeness (QED) is 0.803. The first-order valence-corrected chi connectivity index (χ1v) is 12.3. The number of rotatable bonds is 5. The summed E-state index contributed by atoms with van der Waals surface area (Å²) in [5, 5.41) is 3.09. The van der Waals surface area contributed by atoms with Gasteiger partial charge in [0.25, 0.3) is 0 Å². The number of carbonyl (C=O) groups excluding carboxylic acids is 1. The molecule has 2 fully saturated rings. The fourth-order valence-corrected chi connectivity index (χ4v) is 6.11. The van der Waals surface area contributed by atoms with Crippen LogP contribution in [0.3, 0.4) is 0 Å². The minimum Gasteiger partial charge on any atom is -0.354 e. The molecular weight excluding hydrogens is 372 g/mol. The van der Waals surface area contributed by atoms with Gasteiger partial charge in [-0.05, 0) is 44.7 Å². The fraction of sp³-hybridized carbons (Fsp3) is 0.682. The van der Waals surface area contributed by atoms with Crippen LogP contribution in [0.15, 0.2) is 29.2 Å². The Hall–Kier alpha value is -1.40. The Morgan fingerprint density at radius 1 is 0.964 bits per heavy atom. The van der Waals surface area contributed by atoms with E-state index in [9.17, 15) is 13.2 Å². The number of benzene rings is 1. The molecule has 1 unspecified atom stereocenters. The van der Waals surface area contributed by atoms with Gasteiger partial charge in [-0.3, -0.25) is 4.79 Å². The van der Waals surface area contributed by atoms with Gasteiger partial charge in [-0.15, -0.1) is 0 Å². The molecule has 0 radical (unpaired) electrons. The molecule has 1 heterocycles. The fourth-order valence-electron chi connectivity index (χ4n) is 4.42. The minimum absolute atomic E-state index is 0.0889. The monoisotopic (exact) mass is 406 g/mol. The van der Waals surface area contributed by atoms with Crippen LogP contribution in [0.4, 0.5) is 0 Å². The van der Waals surface area contributed by atoms with E-state index in [4.69, 9.17) is 0 Å². The lowest BCUT2D eigenvalue weighted by Gasteiger charge is -2.35. The van der Waals surface area contributed by atoms with E-state index in [1.165, 1.54) is 19.3 Å². The van der Waals surface area contributed by atoms with Crippen molar-refractivity contribution in [3.8, 4) is 0 Å². The molecule has 1 aliphatic heterocycles. The van der Waals surface area contributed by atoms with Crippen LogP contribution in [0.5, 0.6) is 0 Å². The second kappa shape index (κ2) is 9.88. The molecule has 6 heteroatoms. The van der Waals surface area contributed by atoms with E-state index in [0.717, 1.165) is 50.5 Å². The average molecular weight is 407 g/mol. The molecule has 3 rings (SSSR count). The molecule has 156 valence electrons. The summed E-state index contributed by atoms with van der Waals surface area (Å²) in [5.41, 5.74) is 1.04. The van der Waals surface area contributed by atoms with Crippen molar-refractivity contribution in [3.05, 3.63) is 29.8 Å². The summed E-state index contributed by atoms with van der Waals surface area (Å²) in [6.07, 6.45) is 10.6. The van der Waals surface area contributed by atoms with Gasteiger partial charge in [0.2, 0.25) is 15.9 Å². The maximum Gasteiger partial charge on any atom is 0.243 e. The van der Waals surface area contributed by atoms with Crippen molar-refractivity contribution in [2.75, 3.05) is 13.1 Å². The maximum atomic E-state index is 13.2. The minimum atomic E-state index is -3.53. The van der Waals surface area contributed by atoms with Gasteiger partial charge in [0.15, 0.2) is 0 Å². The lowest BCUT2D eigenvalue weighted by molar-refractivity contribution is -0.125. The number of piperidine rings is 1. The zero-order valence-electron chi connectivity index (χ0n) is 17.0. The summed E-state index contributed by atoms with van der Waals surface area (Å²) in [5.74, 6) is 0.200. The molecule has 1 N–H and O–H groups in total. The highest BCUT2D eigenvalue weighted by Crippen LogP contribution is 2.26. The normalized spacial score (nSPS) is 23.0. The van der Waals surface area contributed by atoms with Crippen molar-refractivity contribution < 1.29 is 13.2 Å². The van der Waals surface area contributed by atoms with Crippen LogP contribution >= 0.6 is 0 Å². The Morgan fingerprint density at radius 2 is 1.57 bits per heavy atom. The van der Waals surface area contributed by atoms with E-state index in [0.29, 0.717) is 18.0 Å². The third-order valence-electron chi connectivity index (χ3n) is 6.19. The summed E-state index contributed by atoms with van der Waals surface area (Å²) in [6.45, 7) is 2.89. The van der Waals surface area contributed by atoms with Crippen molar-refractivity contribution >= 4 is 15.9 Å². The largest absolute Gasteiger partial charge is 0.354 e. The number of hydrogen-bond donors (Lipinski definition) is 1. The maximum absolute atomic E-state index is 13.2. The Morgan fingerprint density at radius 3 is 2.25 bits per heavy atom. The number of hydrogen-bond acceptors (Lipinski definition) is 3. The molecule has 0 aromatic heterocycles. The molecule has 2 aliphatic rings. The van der Waals surface area contributed by atoms with Crippen molar-refractivity contribution in [1.82, 2.24) is 9.62 Å². The summed E-state index contributed by atoms with van der Waals surface area (Å²) in [4.78, 5) is 13.0. The van der Waals surface area contributed by atoms with Crippen molar-refractivity contribution in [3.63, 3.8) is 0 Å². The predicted molar refractivity (Wildman–Crippen MR) is 112 cm³/mol. The highest BCUT2D eigenvalue weighted by molar-refractivity contribution is 7.89. The van der Waals surface area contributed by atoms with E-state index < -0.39 is 10.0 Å². The van der Waals surface area contributed by atoms with Crippen LogP contribution in [-0.4, -0.2) is 37.8 Å². The topological polar surface area (TPSA) is 66.5 Å². The summed E-state index contributed by atoms with van der Waals surface area (Å²) in [6, 6.07) is 6.88. The van der Waals surface area contributed by atoms with Gasteiger partial charge in [-0.1, -0.05) is 56.2 Å². The predicted octanol–water partition coefficient (Wildman–Crippen LogP) is 4.01. The zero-order chi connectivity index (χ0) is 20.0. The van der Waals surface area contributed by atoms with Crippen LogP contribution in [-0.2, 0) is 14.8 Å². The highest BCUT2D eigenvalue weighted by atomic mass is 32.2. The first-order valence-electron chi connectivity index (χ1n) is 10.8. The number of carbonyl (C=O) groups is 1. The van der Waals surface area contributed by atoms with Crippen LogP contribution in [0, 0.1) is 12.8 Å². The smallest absolute Gasteiger partial charge is 0.243 e. The Balaban J connectivity index is 1.64. The van der Waals surface area contributed by atoms with Gasteiger partial charge >= 0.3 is 0 Å². The summed E-state index contributed by atoms with van der Waals surface area (Å²) < 4.78 is 27.9. The molecule has 0 spiro atoms. The molecule has 5 nitrogen and oxygen atoms in total. The Kier molecular flexibility index (Phi) is 7.52. The van der Waals surface area contributed by atoms with Crippen LogP contribution in [0.2, 0.25) is 0 Å². The van der Waals surface area contributed by atoms with Gasteiger partial charge < -0.3 is 5.32 Å². The molecule has 1 amide bonds. The first-order chi connectivity index (χ1) is 13.5. The van der Waals surface area contributed by atoms with Gasteiger partial charge in [-0.25, -0.2) is 8.42 Å². The molecule has 1 aromatic carbocycles. The molecule has 1 aliphatic carbocycles. The van der Waals surface area contributed by atoms with Crippen LogP contribution in [0.25, 0.3) is 0 Å². The second-order valence-corrected chi connectivity index (χ2v) is 10.3. The van der Waals surface area contributed by atoms with Crippen LogP contribution < -0.4 is 5.32 Å². The van der Waals surface area contributed by atoms with E-state index in [1.54, 1.807) is 16.4 Å². The molecule has 1 saturated heterocycles. The standard InChI is InChI=1S/C22H34N2O3S/c1-18-12-14-21(15-13-18)28(26,27)24-16-8-7-11-20(24)17-23-22(25)19-9-5-3-2-4-6-10-19/h12-15,19-20H,2-11,16-17H2,1H3,(H,23,25). The number of aryl methyl sites for hydroxylation is 1.